The van der Waals surface area contributed by atoms with Gasteiger partial charge in [0, 0.05) is 0 Å². The Morgan fingerprint density at radius 2 is 1.93 bits per heavy atom. The molecule has 0 aliphatic rings. The van der Waals surface area contributed by atoms with Gasteiger partial charge in [-0.15, -0.1) is 0 Å². The van der Waals surface area contributed by atoms with Crippen molar-refractivity contribution in [3.63, 3.8) is 0 Å². The second kappa shape index (κ2) is 4.03. The van der Waals surface area contributed by atoms with Crippen molar-refractivity contribution >= 4 is 0 Å². The third-order valence-electron chi connectivity index (χ3n) is 2.09. The van der Waals surface area contributed by atoms with E-state index in [-0.39, 0.29) is 5.56 Å². The third kappa shape index (κ3) is 2.28. The molecule has 0 fully saturated rings. The lowest BCUT2D eigenvalue weighted by Gasteiger charge is -2.14. The van der Waals surface area contributed by atoms with Crippen molar-refractivity contribution < 1.29 is 13.2 Å². The van der Waals surface area contributed by atoms with E-state index in [1.165, 1.54) is 19.1 Å². The van der Waals surface area contributed by atoms with Gasteiger partial charge in [0.2, 0.25) is 0 Å². The number of rotatable bonds is 2. The van der Waals surface area contributed by atoms with E-state index in [1.807, 2.05) is 0 Å². The lowest BCUT2D eigenvalue weighted by Crippen LogP contribution is -2.11. The summed E-state index contributed by atoms with van der Waals surface area (Å²) in [7, 11) is 0. The monoisotopic (exact) mass is 201 g/mol. The predicted octanol–water partition coefficient (Wildman–Crippen LogP) is 3.78. The fraction of sp³-hybridized carbons (Fsp3) is 0.364. The Hall–Kier alpha value is -0.990. The van der Waals surface area contributed by atoms with E-state index in [2.05, 4.69) is 6.92 Å². The average molecular weight is 201 g/mol. The summed E-state index contributed by atoms with van der Waals surface area (Å²) < 4.78 is 37.8. The first-order chi connectivity index (χ1) is 6.46. The van der Waals surface area contributed by atoms with Gasteiger partial charge in [0.15, 0.2) is 0 Å². The molecule has 1 radical (unpaired) electrons. The molecule has 0 saturated heterocycles. The Morgan fingerprint density at radius 3 is 2.43 bits per heavy atom. The van der Waals surface area contributed by atoms with Crippen molar-refractivity contribution in [3.05, 3.63) is 41.8 Å². The Kier molecular flexibility index (Phi) is 3.19. The molecule has 0 spiro atoms. The zero-order chi connectivity index (χ0) is 10.8. The van der Waals surface area contributed by atoms with Crippen LogP contribution in [-0.4, -0.2) is 0 Å². The Labute approximate surface area is 81.8 Å². The van der Waals surface area contributed by atoms with E-state index in [0.29, 0.717) is 18.4 Å². The van der Waals surface area contributed by atoms with Crippen LogP contribution in [-0.2, 0) is 12.6 Å². The van der Waals surface area contributed by atoms with Crippen molar-refractivity contribution in [2.75, 3.05) is 0 Å². The maximum Gasteiger partial charge on any atom is 0.416 e. The summed E-state index contributed by atoms with van der Waals surface area (Å²) in [6.45, 7) is 5.05. The van der Waals surface area contributed by atoms with Gasteiger partial charge in [0.05, 0.1) is 5.56 Å². The minimum absolute atomic E-state index is 0.281. The molecule has 0 saturated carbocycles. The quantitative estimate of drug-likeness (QED) is 0.683. The molecule has 77 valence electrons. The van der Waals surface area contributed by atoms with Gasteiger partial charge in [-0.3, -0.25) is 0 Å². The fourth-order valence-corrected chi connectivity index (χ4v) is 1.53. The van der Waals surface area contributed by atoms with E-state index >= 15 is 0 Å². The topological polar surface area (TPSA) is 0 Å². The predicted molar refractivity (Wildman–Crippen MR) is 49.9 cm³/mol. The van der Waals surface area contributed by atoms with Gasteiger partial charge < -0.3 is 0 Å². The van der Waals surface area contributed by atoms with Crippen molar-refractivity contribution in [2.45, 2.75) is 25.9 Å². The van der Waals surface area contributed by atoms with Crippen LogP contribution in [0.2, 0.25) is 0 Å². The van der Waals surface area contributed by atoms with Gasteiger partial charge in [-0.25, -0.2) is 0 Å². The third-order valence-corrected chi connectivity index (χ3v) is 2.09. The number of hydrogen-bond donors (Lipinski definition) is 0. The summed E-state index contributed by atoms with van der Waals surface area (Å²) in [6.07, 6.45) is -3.40. The Morgan fingerprint density at radius 1 is 1.29 bits per heavy atom. The van der Waals surface area contributed by atoms with Crippen LogP contribution in [0.3, 0.4) is 0 Å². The van der Waals surface area contributed by atoms with Crippen molar-refractivity contribution in [2.24, 2.45) is 0 Å². The Balaban J connectivity index is 3.22. The van der Waals surface area contributed by atoms with Gasteiger partial charge >= 0.3 is 6.18 Å². The average Bonchev–Trinajstić information content (AvgIpc) is 2.02. The van der Waals surface area contributed by atoms with Crippen LogP contribution in [0.15, 0.2) is 18.2 Å². The van der Waals surface area contributed by atoms with Crippen LogP contribution in [0.1, 0.15) is 23.1 Å². The molecular weight excluding hydrogens is 189 g/mol. The first-order valence-corrected chi connectivity index (χ1v) is 4.41. The van der Waals surface area contributed by atoms with Crippen molar-refractivity contribution in [3.8, 4) is 0 Å². The molecule has 0 aliphatic carbocycles. The minimum atomic E-state index is -4.25. The highest BCUT2D eigenvalue weighted by molar-refractivity contribution is 5.36. The molecule has 1 aromatic rings. The first-order valence-electron chi connectivity index (χ1n) is 4.41. The molecule has 1 rings (SSSR count). The highest BCUT2D eigenvalue weighted by Gasteiger charge is 2.34. The molecule has 1 aromatic carbocycles. The second-order valence-corrected chi connectivity index (χ2v) is 3.21. The van der Waals surface area contributed by atoms with E-state index in [4.69, 9.17) is 0 Å². The van der Waals surface area contributed by atoms with Gasteiger partial charge in [-0.05, 0) is 30.9 Å². The number of hydrogen-bond acceptors (Lipinski definition) is 0. The molecule has 0 amide bonds. The lowest BCUT2D eigenvalue weighted by atomic mass is 9.98. The second-order valence-electron chi connectivity index (χ2n) is 3.21. The molecular formula is C11H12F3. The number of alkyl halides is 3. The molecule has 3 heteroatoms. The smallest absolute Gasteiger partial charge is 0.166 e. The summed E-state index contributed by atoms with van der Waals surface area (Å²) in [5.41, 5.74) is 0.125. The van der Waals surface area contributed by atoms with Crippen LogP contribution in [0.5, 0.6) is 0 Å². The lowest BCUT2D eigenvalue weighted by molar-refractivity contribution is -0.138. The van der Waals surface area contributed by atoms with Gasteiger partial charge in [-0.2, -0.15) is 13.2 Å². The summed E-state index contributed by atoms with van der Waals surface area (Å²) in [4.78, 5) is 0. The van der Waals surface area contributed by atoms with Crippen LogP contribution >= 0.6 is 0 Å². The van der Waals surface area contributed by atoms with Crippen LogP contribution < -0.4 is 0 Å². The van der Waals surface area contributed by atoms with Gasteiger partial charge in [0.1, 0.15) is 0 Å². The molecule has 14 heavy (non-hydrogen) atoms. The molecule has 0 nitrogen and oxygen atoms in total. The van der Waals surface area contributed by atoms with Gasteiger partial charge in [0.25, 0.3) is 0 Å². The highest BCUT2D eigenvalue weighted by atomic mass is 19.4. The summed E-state index contributed by atoms with van der Waals surface area (Å²) in [6, 6.07) is 4.64. The van der Waals surface area contributed by atoms with Crippen molar-refractivity contribution in [1.29, 1.82) is 0 Å². The number of halogens is 3. The van der Waals surface area contributed by atoms with Crippen LogP contribution in [0, 0.1) is 13.8 Å². The summed E-state index contributed by atoms with van der Waals surface area (Å²) in [5.74, 6) is 0. The standard InChI is InChI=1S/C11H12F3/c1-3-5-9-7-4-6-8(2)10(9)11(12,13)14/h4,6-7H,1,3,5H2,2H3. The number of benzene rings is 1. The fourth-order valence-electron chi connectivity index (χ4n) is 1.53. The molecule has 0 unspecified atom stereocenters. The van der Waals surface area contributed by atoms with E-state index in [9.17, 15) is 13.2 Å². The molecule has 0 bridgehead atoms. The first kappa shape index (κ1) is 11.1. The van der Waals surface area contributed by atoms with E-state index < -0.39 is 11.7 Å². The maximum absolute atomic E-state index is 12.6. The molecule has 0 aromatic heterocycles. The summed E-state index contributed by atoms with van der Waals surface area (Å²) >= 11 is 0. The minimum Gasteiger partial charge on any atom is -0.166 e. The SMILES string of the molecule is [CH2]CCc1cccc(C)c1C(F)(F)F. The zero-order valence-electron chi connectivity index (χ0n) is 7.99. The van der Waals surface area contributed by atoms with Gasteiger partial charge in [-0.1, -0.05) is 25.1 Å². The zero-order valence-corrected chi connectivity index (χ0v) is 7.99. The number of aryl methyl sites for hydroxylation is 2. The van der Waals surface area contributed by atoms with E-state index in [1.54, 1.807) is 6.07 Å². The molecule has 0 aliphatic heterocycles. The molecule has 0 N–H and O–H groups in total. The maximum atomic E-state index is 12.6. The Bertz CT molecular complexity index is 313. The largest absolute Gasteiger partial charge is 0.416 e. The molecule has 0 heterocycles. The highest BCUT2D eigenvalue weighted by Crippen LogP contribution is 2.34. The van der Waals surface area contributed by atoms with E-state index in [0.717, 1.165) is 0 Å². The summed E-state index contributed by atoms with van der Waals surface area (Å²) in [5, 5.41) is 0. The van der Waals surface area contributed by atoms with Crippen LogP contribution in [0.4, 0.5) is 13.2 Å². The van der Waals surface area contributed by atoms with Crippen LogP contribution in [0.25, 0.3) is 0 Å². The van der Waals surface area contributed by atoms with Crippen molar-refractivity contribution in [1.82, 2.24) is 0 Å². The normalized spacial score (nSPS) is 11.8. The molecule has 0 atom stereocenters.